The Balaban J connectivity index is 0.927. The second-order valence-electron chi connectivity index (χ2n) is 14.4. The van der Waals surface area contributed by atoms with Gasteiger partial charge in [0.15, 0.2) is 0 Å². The number of aliphatic imine (C=N–C) groups is 1. The summed E-state index contributed by atoms with van der Waals surface area (Å²) in [6, 6.07) is 10.0. The largest absolute Gasteiger partial charge is 0.496 e. The van der Waals surface area contributed by atoms with Crippen LogP contribution in [0.15, 0.2) is 52.4 Å². The highest BCUT2D eigenvalue weighted by molar-refractivity contribution is 6.01. The van der Waals surface area contributed by atoms with E-state index in [1.54, 1.807) is 72.3 Å². The summed E-state index contributed by atoms with van der Waals surface area (Å²) in [6.07, 6.45) is 4.36. The summed E-state index contributed by atoms with van der Waals surface area (Å²) in [7, 11) is 4.94. The number of methoxy groups -OCH3 is 2. The van der Waals surface area contributed by atoms with Crippen molar-refractivity contribution in [3.63, 3.8) is 0 Å². The number of carbonyl (C=O) groups excluding carboxylic acids is 3. The average molecular weight is 746 g/mol. The monoisotopic (exact) mass is 745 g/mol. The van der Waals surface area contributed by atoms with Gasteiger partial charge in [0.25, 0.3) is 11.5 Å². The number of halogens is 2. The molecule has 0 bridgehead atoms. The maximum Gasteiger partial charge on any atom is 0.267 e. The number of benzene rings is 2. The maximum absolute atomic E-state index is 15.5. The van der Waals surface area contributed by atoms with Crippen LogP contribution in [0.1, 0.15) is 47.4 Å². The van der Waals surface area contributed by atoms with E-state index < -0.39 is 30.3 Å². The zero-order valence-corrected chi connectivity index (χ0v) is 30.7. The second-order valence-corrected chi connectivity index (χ2v) is 14.4. The fourth-order valence-corrected chi connectivity index (χ4v) is 7.94. The van der Waals surface area contributed by atoms with Gasteiger partial charge >= 0.3 is 0 Å². The highest BCUT2D eigenvalue weighted by atomic mass is 19.3. The van der Waals surface area contributed by atoms with Crippen LogP contribution in [0.3, 0.4) is 0 Å². The second kappa shape index (κ2) is 15.3. The van der Waals surface area contributed by atoms with E-state index in [2.05, 4.69) is 20.5 Å². The molecular weight excluding hydrogens is 700 g/mol. The first-order chi connectivity index (χ1) is 25.9. The molecule has 3 amide bonds. The molecule has 3 aromatic rings. The molecule has 2 N–H and O–H groups in total. The third kappa shape index (κ3) is 7.60. The zero-order valence-electron chi connectivity index (χ0n) is 30.7. The van der Waals surface area contributed by atoms with E-state index in [1.807, 2.05) is 12.1 Å². The number of ether oxygens (including phenoxy) is 2. The molecule has 3 saturated heterocycles. The van der Waals surface area contributed by atoms with Crippen molar-refractivity contribution in [3.05, 3.63) is 75.2 Å². The number of rotatable bonds is 10. The molecule has 0 spiro atoms. The summed E-state index contributed by atoms with van der Waals surface area (Å²) in [5.74, 6) is -3.60. The van der Waals surface area contributed by atoms with Gasteiger partial charge in [-0.3, -0.25) is 39.3 Å². The molecule has 54 heavy (non-hydrogen) atoms. The molecule has 0 aliphatic carbocycles. The van der Waals surface area contributed by atoms with Crippen LogP contribution in [0, 0.1) is 0 Å². The number of fused-ring (bicyclic) bond motifs is 1. The number of piperidine rings is 2. The summed E-state index contributed by atoms with van der Waals surface area (Å²) in [5, 5.41) is 5.38. The number of pyridine rings is 1. The van der Waals surface area contributed by atoms with E-state index in [0.29, 0.717) is 80.5 Å². The molecular formula is C39H45F2N7O6. The summed E-state index contributed by atoms with van der Waals surface area (Å²) in [4.78, 5) is 59.3. The molecule has 1 aromatic heterocycles. The molecule has 4 aliphatic heterocycles. The molecule has 2 aromatic carbocycles. The van der Waals surface area contributed by atoms with E-state index in [0.717, 1.165) is 22.3 Å². The number of piperazine rings is 1. The van der Waals surface area contributed by atoms with Crippen molar-refractivity contribution >= 4 is 29.6 Å². The number of carbonyl (C=O) groups is 3. The zero-order chi connectivity index (χ0) is 38.1. The van der Waals surface area contributed by atoms with Gasteiger partial charge in [0.05, 0.1) is 45.3 Å². The van der Waals surface area contributed by atoms with Crippen molar-refractivity contribution in [2.24, 2.45) is 12.0 Å². The fourth-order valence-electron chi connectivity index (χ4n) is 7.94. The molecule has 15 heteroatoms. The van der Waals surface area contributed by atoms with E-state index in [4.69, 9.17) is 9.47 Å². The minimum atomic E-state index is -3.03. The predicted octanol–water partition coefficient (Wildman–Crippen LogP) is 2.99. The lowest BCUT2D eigenvalue weighted by Gasteiger charge is -2.40. The van der Waals surface area contributed by atoms with Crippen LogP contribution in [-0.4, -0.2) is 115 Å². The molecule has 2 unspecified atom stereocenters. The van der Waals surface area contributed by atoms with Crippen LogP contribution >= 0.6 is 0 Å². The Labute approximate surface area is 311 Å². The minimum Gasteiger partial charge on any atom is -0.496 e. The van der Waals surface area contributed by atoms with E-state index in [1.165, 1.54) is 0 Å². The van der Waals surface area contributed by atoms with Crippen molar-refractivity contribution in [3.8, 4) is 22.6 Å². The van der Waals surface area contributed by atoms with Gasteiger partial charge in [-0.25, -0.2) is 8.78 Å². The Morgan fingerprint density at radius 2 is 1.69 bits per heavy atom. The molecule has 7 rings (SSSR count). The first kappa shape index (κ1) is 37.2. The van der Waals surface area contributed by atoms with E-state index in [-0.39, 0.29) is 36.8 Å². The van der Waals surface area contributed by atoms with Crippen molar-refractivity contribution in [1.29, 1.82) is 0 Å². The standard InChI is InChI=1S/C39H45F2N7O6/c1-45-20-29(27-18-42-19-28(27)38(45)52)25-16-33(53-2)30(34(17-25)54-3)21-46-12-14-48(15-13-46)36(50)22-47-11-10-31(39(40,41)23-47)24-4-6-26(7-5-24)43-32-8-9-35(49)44-37(32)51/h4-7,16-18,20,31-32,43H,8-15,19,21-23H2,1-3H3,(H,44,49,51). The maximum atomic E-state index is 15.5. The summed E-state index contributed by atoms with van der Waals surface area (Å²) < 4.78 is 44.3. The number of aryl methyl sites for hydroxylation is 1. The Morgan fingerprint density at radius 1 is 0.981 bits per heavy atom. The number of amides is 3. The van der Waals surface area contributed by atoms with Crippen molar-refractivity contribution in [2.45, 2.75) is 50.2 Å². The SMILES string of the molecule is COc1cc(-c2cn(C)c(=O)c3c2C=NC3)cc(OC)c1CN1CCN(C(=O)CN2CCC(c3ccc(NC4CCC(=O)NC4=O)cc3)C(F)(F)C2)CC1. The minimum absolute atomic E-state index is 0.0655. The lowest BCUT2D eigenvalue weighted by Crippen LogP contribution is -2.54. The van der Waals surface area contributed by atoms with Crippen LogP contribution in [0.4, 0.5) is 14.5 Å². The van der Waals surface area contributed by atoms with Gasteiger partial charge < -0.3 is 24.3 Å². The summed E-state index contributed by atoms with van der Waals surface area (Å²) >= 11 is 0. The first-order valence-electron chi connectivity index (χ1n) is 18.2. The number of likely N-dealkylation sites (tertiary alicyclic amines) is 1. The Kier molecular flexibility index (Phi) is 10.5. The smallest absolute Gasteiger partial charge is 0.267 e. The predicted molar refractivity (Wildman–Crippen MR) is 198 cm³/mol. The van der Waals surface area contributed by atoms with Crippen LogP contribution in [-0.2, 0) is 34.5 Å². The third-order valence-corrected chi connectivity index (χ3v) is 10.9. The van der Waals surface area contributed by atoms with Crippen molar-refractivity contribution in [1.82, 2.24) is 24.6 Å². The van der Waals surface area contributed by atoms with Gasteiger partial charge in [-0.15, -0.1) is 0 Å². The van der Waals surface area contributed by atoms with Crippen LogP contribution in [0.5, 0.6) is 11.5 Å². The van der Waals surface area contributed by atoms with Gasteiger partial charge in [-0.05, 0) is 54.8 Å². The average Bonchev–Trinajstić information content (AvgIpc) is 3.65. The Hall–Kier alpha value is -5.15. The number of alkyl halides is 2. The summed E-state index contributed by atoms with van der Waals surface area (Å²) in [5.41, 5.74) is 5.09. The molecule has 286 valence electrons. The van der Waals surface area contributed by atoms with Gasteiger partial charge in [-0.2, -0.15) is 0 Å². The van der Waals surface area contributed by atoms with Crippen molar-refractivity contribution < 1.29 is 32.6 Å². The number of aromatic nitrogens is 1. The molecule has 0 radical (unpaired) electrons. The van der Waals surface area contributed by atoms with Gasteiger partial charge in [-0.1, -0.05) is 12.1 Å². The van der Waals surface area contributed by atoms with Gasteiger partial charge in [0.2, 0.25) is 17.7 Å². The normalized spacial score (nSPS) is 21.5. The third-order valence-electron chi connectivity index (χ3n) is 10.9. The molecule has 4 aliphatic rings. The topological polar surface area (TPSA) is 138 Å². The highest BCUT2D eigenvalue weighted by Crippen LogP contribution is 2.41. The molecule has 13 nitrogen and oxygen atoms in total. The fraction of sp³-hybridized carbons (Fsp3) is 0.462. The Bertz CT molecular complexity index is 2000. The first-order valence-corrected chi connectivity index (χ1v) is 18.2. The summed E-state index contributed by atoms with van der Waals surface area (Å²) in [6.45, 7) is 2.79. The number of anilines is 1. The number of imide groups is 1. The van der Waals surface area contributed by atoms with Crippen LogP contribution in [0.2, 0.25) is 0 Å². The van der Waals surface area contributed by atoms with Crippen LogP contribution in [0.25, 0.3) is 11.1 Å². The molecule has 5 heterocycles. The quantitative estimate of drug-likeness (QED) is 0.300. The van der Waals surface area contributed by atoms with Gasteiger partial charge in [0, 0.05) is 81.0 Å². The number of hydrogen-bond acceptors (Lipinski definition) is 10. The highest BCUT2D eigenvalue weighted by Gasteiger charge is 2.46. The van der Waals surface area contributed by atoms with Gasteiger partial charge in [0.1, 0.15) is 17.5 Å². The Morgan fingerprint density at radius 3 is 2.33 bits per heavy atom. The van der Waals surface area contributed by atoms with Crippen molar-refractivity contribution in [2.75, 3.05) is 65.3 Å². The lowest BCUT2D eigenvalue weighted by atomic mass is 9.86. The number of hydrogen-bond donors (Lipinski definition) is 2. The number of nitrogens with one attached hydrogen (secondary N) is 2. The van der Waals surface area contributed by atoms with Crippen LogP contribution < -0.4 is 25.7 Å². The van der Waals surface area contributed by atoms with E-state index in [9.17, 15) is 19.2 Å². The molecule has 0 saturated carbocycles. The lowest BCUT2D eigenvalue weighted by molar-refractivity contribution is -0.138. The molecule has 3 fully saturated rings. The van der Waals surface area contributed by atoms with E-state index >= 15 is 8.78 Å². The molecule has 2 atom stereocenters. The number of nitrogens with zero attached hydrogens (tertiary/aromatic N) is 5.